The number of rotatable bonds is 3. The van der Waals surface area contributed by atoms with E-state index < -0.39 is 17.5 Å². The summed E-state index contributed by atoms with van der Waals surface area (Å²) in [6.45, 7) is -0.132. The molecule has 0 radical (unpaired) electrons. The van der Waals surface area contributed by atoms with E-state index in [2.05, 4.69) is 10.4 Å². The van der Waals surface area contributed by atoms with Gasteiger partial charge in [0.25, 0.3) is 5.91 Å². The molecule has 0 atom stereocenters. The number of halogens is 2. The van der Waals surface area contributed by atoms with E-state index in [1.807, 2.05) is 0 Å². The summed E-state index contributed by atoms with van der Waals surface area (Å²) in [5, 5.41) is 6.29. The van der Waals surface area contributed by atoms with Gasteiger partial charge in [-0.1, -0.05) is 0 Å². The molecule has 100 valence electrons. The smallest absolute Gasteiger partial charge is 0.271 e. The average molecular weight is 266 g/mol. The monoisotopic (exact) mass is 266 g/mol. The molecule has 0 spiro atoms. The van der Waals surface area contributed by atoms with Crippen LogP contribution in [0.2, 0.25) is 0 Å². The van der Waals surface area contributed by atoms with E-state index in [9.17, 15) is 13.6 Å². The maximum absolute atomic E-state index is 13.4. The van der Waals surface area contributed by atoms with Crippen LogP contribution >= 0.6 is 0 Å². The molecule has 5 nitrogen and oxygen atoms in total. The first-order chi connectivity index (χ1) is 8.99. The molecule has 7 heteroatoms. The van der Waals surface area contributed by atoms with E-state index in [0.29, 0.717) is 0 Å². The number of carbonyl (C=O) groups is 1. The van der Waals surface area contributed by atoms with Gasteiger partial charge in [-0.05, 0) is 18.2 Å². The SMILES string of the molecule is Cn1ncc(N)c1C(=O)NCc1cc(F)ccc1F. The van der Waals surface area contributed by atoms with Crippen molar-refractivity contribution in [2.45, 2.75) is 6.54 Å². The molecule has 0 saturated carbocycles. The lowest BCUT2D eigenvalue weighted by atomic mass is 10.2. The third kappa shape index (κ3) is 2.70. The zero-order valence-corrected chi connectivity index (χ0v) is 10.2. The fraction of sp³-hybridized carbons (Fsp3) is 0.167. The van der Waals surface area contributed by atoms with E-state index in [1.165, 1.54) is 10.9 Å². The number of aromatic nitrogens is 2. The summed E-state index contributed by atoms with van der Waals surface area (Å²) < 4.78 is 27.6. The van der Waals surface area contributed by atoms with Crippen LogP contribution in [0.3, 0.4) is 0 Å². The van der Waals surface area contributed by atoms with Crippen molar-refractivity contribution in [2.24, 2.45) is 7.05 Å². The average Bonchev–Trinajstić information content (AvgIpc) is 2.70. The normalized spacial score (nSPS) is 10.5. The molecule has 3 N–H and O–H groups in total. The van der Waals surface area contributed by atoms with Crippen LogP contribution in [0.5, 0.6) is 0 Å². The maximum atomic E-state index is 13.4. The molecule has 1 amide bonds. The quantitative estimate of drug-likeness (QED) is 0.877. The van der Waals surface area contributed by atoms with Gasteiger partial charge in [-0.15, -0.1) is 0 Å². The Morgan fingerprint density at radius 1 is 1.47 bits per heavy atom. The zero-order valence-electron chi connectivity index (χ0n) is 10.2. The molecule has 2 aromatic rings. The van der Waals surface area contributed by atoms with Gasteiger partial charge in [-0.25, -0.2) is 8.78 Å². The van der Waals surface area contributed by atoms with Crippen LogP contribution in [0.15, 0.2) is 24.4 Å². The molecule has 0 saturated heterocycles. The Morgan fingerprint density at radius 3 is 2.84 bits per heavy atom. The predicted molar refractivity (Wildman–Crippen MR) is 65.1 cm³/mol. The molecule has 1 aromatic carbocycles. The van der Waals surface area contributed by atoms with E-state index in [-0.39, 0.29) is 23.5 Å². The molecule has 0 aliphatic heterocycles. The highest BCUT2D eigenvalue weighted by Crippen LogP contribution is 2.11. The Labute approximate surface area is 108 Å². The number of hydrogen-bond acceptors (Lipinski definition) is 3. The highest BCUT2D eigenvalue weighted by Gasteiger charge is 2.15. The van der Waals surface area contributed by atoms with Gasteiger partial charge in [0.1, 0.15) is 17.3 Å². The number of aryl methyl sites for hydroxylation is 1. The second-order valence-electron chi connectivity index (χ2n) is 3.99. The van der Waals surface area contributed by atoms with Crippen LogP contribution in [0, 0.1) is 11.6 Å². The first-order valence-corrected chi connectivity index (χ1v) is 5.48. The van der Waals surface area contributed by atoms with Crippen molar-refractivity contribution < 1.29 is 13.6 Å². The van der Waals surface area contributed by atoms with Crippen LogP contribution in [0.25, 0.3) is 0 Å². The van der Waals surface area contributed by atoms with Crippen molar-refractivity contribution in [3.8, 4) is 0 Å². The molecule has 2 rings (SSSR count). The van der Waals surface area contributed by atoms with E-state index in [1.54, 1.807) is 7.05 Å². The highest BCUT2D eigenvalue weighted by atomic mass is 19.1. The number of nitrogens with one attached hydrogen (secondary N) is 1. The Hall–Kier alpha value is -2.44. The molecule has 1 aromatic heterocycles. The first-order valence-electron chi connectivity index (χ1n) is 5.48. The number of nitrogens with zero attached hydrogens (tertiary/aromatic N) is 2. The topological polar surface area (TPSA) is 72.9 Å². The van der Waals surface area contributed by atoms with Gasteiger partial charge in [-0.3, -0.25) is 9.48 Å². The lowest BCUT2D eigenvalue weighted by Gasteiger charge is -2.07. The Balaban J connectivity index is 2.11. The van der Waals surface area contributed by atoms with Gasteiger partial charge in [0.05, 0.1) is 11.9 Å². The van der Waals surface area contributed by atoms with Gasteiger partial charge in [0.15, 0.2) is 0 Å². The molecule has 0 fully saturated rings. The summed E-state index contributed by atoms with van der Waals surface area (Å²) in [6, 6.07) is 3.05. The molecule has 1 heterocycles. The fourth-order valence-corrected chi connectivity index (χ4v) is 1.67. The van der Waals surface area contributed by atoms with E-state index in [4.69, 9.17) is 5.73 Å². The Kier molecular flexibility index (Phi) is 3.46. The lowest BCUT2D eigenvalue weighted by molar-refractivity contribution is 0.0942. The van der Waals surface area contributed by atoms with Crippen molar-refractivity contribution >= 4 is 11.6 Å². The van der Waals surface area contributed by atoms with Gasteiger partial charge < -0.3 is 11.1 Å². The van der Waals surface area contributed by atoms with E-state index in [0.717, 1.165) is 18.2 Å². The summed E-state index contributed by atoms with van der Waals surface area (Å²) in [5.74, 6) is -1.65. The van der Waals surface area contributed by atoms with Gasteiger partial charge in [0, 0.05) is 19.2 Å². The second kappa shape index (κ2) is 5.05. The number of nitrogens with two attached hydrogens (primary N) is 1. The van der Waals surface area contributed by atoms with Gasteiger partial charge in [0.2, 0.25) is 0 Å². The molecule has 0 bridgehead atoms. The molecule has 19 heavy (non-hydrogen) atoms. The number of nitrogen functional groups attached to an aromatic ring is 1. The lowest BCUT2D eigenvalue weighted by Crippen LogP contribution is -2.26. The molecular formula is C12H12F2N4O. The third-order valence-electron chi connectivity index (χ3n) is 2.63. The Bertz CT molecular complexity index is 605. The number of anilines is 1. The van der Waals surface area contributed by atoms with Crippen LogP contribution < -0.4 is 11.1 Å². The zero-order chi connectivity index (χ0) is 14.0. The van der Waals surface area contributed by atoms with E-state index >= 15 is 0 Å². The molecule has 0 unspecified atom stereocenters. The summed E-state index contributed by atoms with van der Waals surface area (Å²) >= 11 is 0. The molecule has 0 aliphatic rings. The summed E-state index contributed by atoms with van der Waals surface area (Å²) in [7, 11) is 1.56. The van der Waals surface area contributed by atoms with Crippen molar-refractivity contribution in [1.82, 2.24) is 15.1 Å². The number of benzene rings is 1. The first kappa shape index (κ1) is 13.0. The van der Waals surface area contributed by atoms with Crippen molar-refractivity contribution in [2.75, 3.05) is 5.73 Å². The minimum Gasteiger partial charge on any atom is -0.396 e. The van der Waals surface area contributed by atoms with Crippen molar-refractivity contribution in [3.63, 3.8) is 0 Å². The van der Waals surface area contributed by atoms with Crippen LogP contribution in [-0.4, -0.2) is 15.7 Å². The summed E-state index contributed by atoms with van der Waals surface area (Å²) in [4.78, 5) is 11.8. The maximum Gasteiger partial charge on any atom is 0.271 e. The van der Waals surface area contributed by atoms with Gasteiger partial charge in [-0.2, -0.15) is 5.10 Å². The molecular weight excluding hydrogens is 254 g/mol. The van der Waals surface area contributed by atoms with Crippen LogP contribution in [0.4, 0.5) is 14.5 Å². The summed E-state index contributed by atoms with van der Waals surface area (Å²) in [6.07, 6.45) is 1.34. The van der Waals surface area contributed by atoms with Gasteiger partial charge >= 0.3 is 0 Å². The van der Waals surface area contributed by atoms with Crippen molar-refractivity contribution in [1.29, 1.82) is 0 Å². The third-order valence-corrected chi connectivity index (χ3v) is 2.63. The minimum absolute atomic E-state index is 0.0640. The summed E-state index contributed by atoms with van der Waals surface area (Å²) in [5.41, 5.74) is 6.05. The Morgan fingerprint density at radius 2 is 2.21 bits per heavy atom. The largest absolute Gasteiger partial charge is 0.396 e. The standard InChI is InChI=1S/C12H12F2N4O/c1-18-11(10(15)6-17-18)12(19)16-5-7-4-8(13)2-3-9(7)14/h2-4,6H,5,15H2,1H3,(H,16,19). The van der Waals surface area contributed by atoms with Crippen LogP contribution in [-0.2, 0) is 13.6 Å². The number of hydrogen-bond donors (Lipinski definition) is 2. The second-order valence-corrected chi connectivity index (χ2v) is 3.99. The van der Waals surface area contributed by atoms with Crippen molar-refractivity contribution in [3.05, 3.63) is 47.3 Å². The molecule has 0 aliphatic carbocycles. The number of carbonyl (C=O) groups excluding carboxylic acids is 1. The fourth-order valence-electron chi connectivity index (χ4n) is 1.67. The predicted octanol–water partition coefficient (Wildman–Crippen LogP) is 1.21. The minimum atomic E-state index is -0.584. The van der Waals surface area contributed by atoms with Crippen LogP contribution in [0.1, 0.15) is 16.1 Å². The number of amides is 1. The highest BCUT2D eigenvalue weighted by molar-refractivity contribution is 5.97.